The minimum absolute atomic E-state index is 0.0179. The van der Waals surface area contributed by atoms with Gasteiger partial charge in [-0.3, -0.25) is 0 Å². The van der Waals surface area contributed by atoms with Crippen molar-refractivity contribution >= 4 is 6.08 Å². The SMILES string of the molecule is Cc1cc(-c2ccc(-c3ccc(-c4ccc(-c5ccc6c(c5)C(C)(C)c5cc(-c7ccc8c(c7)C(C)(C)c7ccccc7-8)ccc5-6)cc4)cc3)cc2)c2c3c1C=CC1=CC(C(C)(C)C)=CC(=CC2)C13. The van der Waals surface area contributed by atoms with E-state index in [0.717, 1.165) is 6.42 Å². The summed E-state index contributed by atoms with van der Waals surface area (Å²) in [6, 6.07) is 60.2. The Morgan fingerprint density at radius 1 is 0.420 bits per heavy atom. The lowest BCUT2D eigenvalue weighted by atomic mass is 9.66. The molecular weight excluding hydrogens is 829 g/mol. The van der Waals surface area contributed by atoms with Crippen molar-refractivity contribution in [2.45, 2.75) is 78.6 Å². The summed E-state index contributed by atoms with van der Waals surface area (Å²) in [6.45, 7) is 18.8. The molecule has 0 heterocycles. The van der Waals surface area contributed by atoms with Gasteiger partial charge >= 0.3 is 0 Å². The number of hydrogen-bond acceptors (Lipinski definition) is 0. The Kier molecular flexibility index (Phi) is 9.02. The molecule has 0 N–H and O–H groups in total. The zero-order chi connectivity index (χ0) is 47.1. The third-order valence-corrected chi connectivity index (χ3v) is 16.7. The predicted octanol–water partition coefficient (Wildman–Crippen LogP) is 18.4. The number of fused-ring (bicyclic) bond motifs is 6. The number of allylic oxidation sites excluding steroid dienone is 7. The van der Waals surface area contributed by atoms with Crippen LogP contribution in [0.4, 0.5) is 0 Å². The first-order valence-electron chi connectivity index (χ1n) is 25.1. The van der Waals surface area contributed by atoms with Gasteiger partial charge in [-0.05, 0) is 176 Å². The van der Waals surface area contributed by atoms with Gasteiger partial charge in [0.05, 0.1) is 0 Å². The van der Waals surface area contributed by atoms with Crippen molar-refractivity contribution in [3.05, 3.63) is 243 Å². The molecule has 69 heavy (non-hydrogen) atoms. The Hall–Kier alpha value is -7.28. The van der Waals surface area contributed by atoms with Crippen molar-refractivity contribution in [2.24, 2.45) is 5.41 Å². The van der Waals surface area contributed by atoms with Crippen LogP contribution in [0.5, 0.6) is 0 Å². The van der Waals surface area contributed by atoms with Crippen LogP contribution in [0, 0.1) is 12.3 Å². The smallest absolute Gasteiger partial charge is 0.0346 e. The zero-order valence-electron chi connectivity index (χ0n) is 41.2. The molecule has 1 unspecified atom stereocenters. The molecule has 1 atom stereocenters. The Balaban J connectivity index is 0.726. The molecule has 8 aromatic carbocycles. The van der Waals surface area contributed by atoms with Gasteiger partial charge in [-0.1, -0.05) is 218 Å². The number of benzene rings is 8. The lowest BCUT2D eigenvalue weighted by Crippen LogP contribution is -2.22. The fourth-order valence-corrected chi connectivity index (χ4v) is 12.7. The molecule has 334 valence electrons. The van der Waals surface area contributed by atoms with Crippen LogP contribution >= 0.6 is 0 Å². The Morgan fingerprint density at radius 3 is 1.38 bits per heavy atom. The zero-order valence-corrected chi connectivity index (χ0v) is 41.2. The van der Waals surface area contributed by atoms with E-state index in [9.17, 15) is 0 Å². The maximum Gasteiger partial charge on any atom is 0.0346 e. The fourth-order valence-electron chi connectivity index (χ4n) is 12.7. The van der Waals surface area contributed by atoms with Crippen LogP contribution in [0.25, 0.3) is 84.0 Å². The van der Waals surface area contributed by atoms with Crippen molar-refractivity contribution in [2.75, 3.05) is 0 Å². The average molecular weight is 887 g/mol. The van der Waals surface area contributed by atoms with E-state index in [4.69, 9.17) is 0 Å². The third kappa shape index (κ3) is 6.41. The highest BCUT2D eigenvalue weighted by atomic mass is 14.4. The lowest BCUT2D eigenvalue weighted by molar-refractivity contribution is 0.513. The van der Waals surface area contributed by atoms with Gasteiger partial charge < -0.3 is 0 Å². The molecule has 0 aromatic heterocycles. The van der Waals surface area contributed by atoms with Crippen molar-refractivity contribution in [3.63, 3.8) is 0 Å². The molecule has 0 saturated heterocycles. The Morgan fingerprint density at radius 2 is 0.855 bits per heavy atom. The first kappa shape index (κ1) is 41.9. The van der Waals surface area contributed by atoms with Crippen LogP contribution in [-0.4, -0.2) is 0 Å². The predicted molar refractivity (Wildman–Crippen MR) is 293 cm³/mol. The fraction of sp³-hybridized carbons (Fsp3) is 0.188. The molecule has 5 aliphatic carbocycles. The highest BCUT2D eigenvalue weighted by Gasteiger charge is 2.38. The third-order valence-electron chi connectivity index (χ3n) is 16.7. The van der Waals surface area contributed by atoms with Gasteiger partial charge in [-0.2, -0.15) is 0 Å². The van der Waals surface area contributed by atoms with Crippen LogP contribution in [0.2, 0.25) is 0 Å². The van der Waals surface area contributed by atoms with Gasteiger partial charge in [-0.25, -0.2) is 0 Å². The van der Waals surface area contributed by atoms with E-state index in [2.05, 4.69) is 243 Å². The second kappa shape index (κ2) is 14.9. The number of hydrogen-bond donors (Lipinski definition) is 0. The summed E-state index contributed by atoms with van der Waals surface area (Å²) in [5.74, 6) is 0.335. The highest BCUT2D eigenvalue weighted by molar-refractivity contribution is 5.89. The average Bonchev–Trinajstić information content (AvgIpc) is 3.74. The molecular formula is C69H58. The summed E-state index contributed by atoms with van der Waals surface area (Å²) >= 11 is 0. The molecule has 5 aliphatic rings. The van der Waals surface area contributed by atoms with E-state index in [1.165, 1.54) is 139 Å². The molecule has 8 aromatic rings. The summed E-state index contributed by atoms with van der Waals surface area (Å²) in [5.41, 5.74) is 33.8. The van der Waals surface area contributed by atoms with E-state index in [1.807, 2.05) is 0 Å². The second-order valence-corrected chi connectivity index (χ2v) is 22.5. The number of aryl methyl sites for hydroxylation is 1. The molecule has 0 spiro atoms. The van der Waals surface area contributed by atoms with Crippen LogP contribution in [0.1, 0.15) is 98.9 Å². The van der Waals surface area contributed by atoms with Crippen LogP contribution < -0.4 is 0 Å². The van der Waals surface area contributed by atoms with Gasteiger partial charge in [0.15, 0.2) is 0 Å². The summed E-state index contributed by atoms with van der Waals surface area (Å²) in [7, 11) is 0. The van der Waals surface area contributed by atoms with Gasteiger partial charge in [0, 0.05) is 16.7 Å². The molecule has 0 bridgehead atoms. The van der Waals surface area contributed by atoms with Crippen LogP contribution in [-0.2, 0) is 17.3 Å². The monoisotopic (exact) mass is 886 g/mol. The highest BCUT2D eigenvalue weighted by Crippen LogP contribution is 2.54. The molecule has 0 heteroatoms. The minimum Gasteiger partial charge on any atom is -0.0759 e. The Bertz CT molecular complexity index is 3620. The van der Waals surface area contributed by atoms with Crippen molar-refractivity contribution < 1.29 is 0 Å². The minimum atomic E-state index is -0.118. The summed E-state index contributed by atoms with van der Waals surface area (Å²) in [6.07, 6.45) is 13.1. The van der Waals surface area contributed by atoms with Crippen LogP contribution in [0.15, 0.2) is 199 Å². The molecule has 13 rings (SSSR count). The largest absolute Gasteiger partial charge is 0.0759 e. The first-order valence-corrected chi connectivity index (χ1v) is 25.1. The van der Waals surface area contributed by atoms with Gasteiger partial charge in [0.25, 0.3) is 0 Å². The molecule has 0 aliphatic heterocycles. The van der Waals surface area contributed by atoms with E-state index < -0.39 is 0 Å². The summed E-state index contributed by atoms with van der Waals surface area (Å²) in [4.78, 5) is 0. The van der Waals surface area contributed by atoms with Crippen molar-refractivity contribution in [1.82, 2.24) is 0 Å². The standard InChI is InChI=1S/C69H58/c1-41-35-60(59-34-29-52-37-53(67(2,3)4)36-51-28-30-54(41)66(59)65(51)52)47-23-21-45(22-24-47)43-15-13-42(14-16-43)44-17-19-46(20-18-44)48-25-31-57-58-33-27-50(40-64(58)69(7,8)63(57)38-48)49-26-32-56-55-11-9-10-12-61(55)68(5,6)62(56)39-49/h9-33,35-40,65H,34H2,1-8H3. The molecule has 0 radical (unpaired) electrons. The molecule has 0 fully saturated rings. The second-order valence-electron chi connectivity index (χ2n) is 22.5. The van der Waals surface area contributed by atoms with Crippen molar-refractivity contribution in [1.29, 1.82) is 0 Å². The lowest BCUT2D eigenvalue weighted by Gasteiger charge is -2.38. The van der Waals surface area contributed by atoms with E-state index in [0.29, 0.717) is 5.92 Å². The summed E-state index contributed by atoms with van der Waals surface area (Å²) in [5, 5.41) is 0. The first-order chi connectivity index (χ1) is 33.2. The van der Waals surface area contributed by atoms with Gasteiger partial charge in [-0.15, -0.1) is 0 Å². The molecule has 0 saturated carbocycles. The Labute approximate surface area is 409 Å². The van der Waals surface area contributed by atoms with Crippen LogP contribution in [0.3, 0.4) is 0 Å². The van der Waals surface area contributed by atoms with E-state index >= 15 is 0 Å². The van der Waals surface area contributed by atoms with Crippen molar-refractivity contribution in [3.8, 4) is 77.9 Å². The van der Waals surface area contributed by atoms with E-state index in [-0.39, 0.29) is 16.2 Å². The quantitative estimate of drug-likeness (QED) is 0.162. The topological polar surface area (TPSA) is 0 Å². The molecule has 0 nitrogen and oxygen atoms in total. The van der Waals surface area contributed by atoms with E-state index in [1.54, 1.807) is 0 Å². The maximum atomic E-state index is 2.49. The molecule has 0 amide bonds. The maximum absolute atomic E-state index is 2.49. The van der Waals surface area contributed by atoms with Gasteiger partial charge in [0.1, 0.15) is 0 Å². The normalized spacial score (nSPS) is 17.2. The number of rotatable bonds is 5. The summed E-state index contributed by atoms with van der Waals surface area (Å²) < 4.78 is 0. The van der Waals surface area contributed by atoms with Gasteiger partial charge in [0.2, 0.25) is 0 Å².